The number of hydrogen-bond acceptors (Lipinski definition) is 3. The molecule has 130 valence electrons. The summed E-state index contributed by atoms with van der Waals surface area (Å²) in [7, 11) is -3.41. The lowest BCUT2D eigenvalue weighted by atomic mass is 9.94. The van der Waals surface area contributed by atoms with Gasteiger partial charge in [0.2, 0.25) is 10.0 Å². The third kappa shape index (κ3) is 4.48. The summed E-state index contributed by atoms with van der Waals surface area (Å²) in [6.07, 6.45) is 3.18. The Morgan fingerprint density at radius 1 is 1.22 bits per heavy atom. The van der Waals surface area contributed by atoms with Gasteiger partial charge in [-0.25, -0.2) is 8.42 Å². The van der Waals surface area contributed by atoms with E-state index in [9.17, 15) is 8.42 Å². The molecule has 1 aliphatic rings. The smallest absolute Gasteiger partial charge is 0.243 e. The number of rotatable bonds is 6. The van der Waals surface area contributed by atoms with E-state index < -0.39 is 10.0 Å². The monoisotopic (exact) mass is 339 g/mol. The van der Waals surface area contributed by atoms with E-state index in [0.29, 0.717) is 36.4 Å². The summed E-state index contributed by atoms with van der Waals surface area (Å²) < 4.78 is 33.1. The van der Waals surface area contributed by atoms with Gasteiger partial charge in [-0.15, -0.1) is 0 Å². The van der Waals surface area contributed by atoms with E-state index in [0.717, 1.165) is 30.6 Å². The maximum atomic E-state index is 12.9. The second-order valence-electron chi connectivity index (χ2n) is 6.90. The Kier molecular flexibility index (Phi) is 6.09. The van der Waals surface area contributed by atoms with Crippen molar-refractivity contribution < 1.29 is 13.2 Å². The van der Waals surface area contributed by atoms with Crippen molar-refractivity contribution in [3.05, 3.63) is 23.8 Å². The lowest BCUT2D eigenvalue weighted by Crippen LogP contribution is -2.42. The molecule has 1 saturated heterocycles. The normalized spacial score (nSPS) is 23.0. The van der Waals surface area contributed by atoms with Crippen LogP contribution >= 0.6 is 0 Å². The molecule has 2 atom stereocenters. The van der Waals surface area contributed by atoms with Gasteiger partial charge < -0.3 is 4.74 Å². The molecule has 1 aromatic rings. The Labute approximate surface area is 140 Å². The quantitative estimate of drug-likeness (QED) is 0.740. The van der Waals surface area contributed by atoms with E-state index in [4.69, 9.17) is 4.74 Å². The zero-order valence-electron chi connectivity index (χ0n) is 14.7. The van der Waals surface area contributed by atoms with Crippen LogP contribution in [0.1, 0.15) is 45.6 Å². The standard InChI is InChI=1S/C18H29NO3S/c1-5-6-9-22-18-8-7-17(11-16(18)4)23(20,21)19-12-14(2)10-15(3)13-19/h7-8,11,14-15H,5-6,9-10,12-13H2,1-4H3/t14-,15-/m1/s1. The molecule has 0 amide bonds. The van der Waals surface area contributed by atoms with Crippen molar-refractivity contribution in [3.63, 3.8) is 0 Å². The molecule has 1 aliphatic heterocycles. The zero-order valence-corrected chi connectivity index (χ0v) is 15.5. The number of hydrogen-bond donors (Lipinski definition) is 0. The molecule has 0 bridgehead atoms. The van der Waals surface area contributed by atoms with Crippen molar-refractivity contribution in [3.8, 4) is 5.75 Å². The number of sulfonamides is 1. The Balaban J connectivity index is 2.18. The summed E-state index contributed by atoms with van der Waals surface area (Å²) >= 11 is 0. The molecule has 23 heavy (non-hydrogen) atoms. The van der Waals surface area contributed by atoms with E-state index in [1.807, 2.05) is 6.92 Å². The van der Waals surface area contributed by atoms with Crippen LogP contribution in [-0.4, -0.2) is 32.4 Å². The third-order valence-corrected chi connectivity index (χ3v) is 6.20. The van der Waals surface area contributed by atoms with Gasteiger partial charge in [0.05, 0.1) is 11.5 Å². The maximum Gasteiger partial charge on any atom is 0.243 e. The van der Waals surface area contributed by atoms with Crippen LogP contribution in [0.3, 0.4) is 0 Å². The van der Waals surface area contributed by atoms with Gasteiger partial charge in [-0.1, -0.05) is 27.2 Å². The summed E-state index contributed by atoms with van der Waals surface area (Å²) in [5.41, 5.74) is 0.875. The molecule has 1 aromatic carbocycles. The topological polar surface area (TPSA) is 46.6 Å². The minimum Gasteiger partial charge on any atom is -0.493 e. The van der Waals surface area contributed by atoms with Crippen LogP contribution < -0.4 is 4.74 Å². The molecular weight excluding hydrogens is 310 g/mol. The van der Waals surface area contributed by atoms with Crippen molar-refractivity contribution in [2.75, 3.05) is 19.7 Å². The van der Waals surface area contributed by atoms with E-state index in [-0.39, 0.29) is 0 Å². The van der Waals surface area contributed by atoms with Gasteiger partial charge in [0, 0.05) is 13.1 Å². The number of benzene rings is 1. The fourth-order valence-corrected chi connectivity index (χ4v) is 4.99. The molecule has 0 N–H and O–H groups in total. The molecule has 0 radical (unpaired) electrons. The first-order chi connectivity index (χ1) is 10.8. The first kappa shape index (κ1) is 18.3. The lowest BCUT2D eigenvalue weighted by molar-refractivity contribution is 0.222. The summed E-state index contributed by atoms with van der Waals surface area (Å²) in [6.45, 7) is 10.2. The molecular formula is C18H29NO3S. The first-order valence-corrected chi connectivity index (χ1v) is 10.0. The predicted octanol–water partition coefficient (Wildman–Crippen LogP) is 3.84. The Bertz CT molecular complexity index is 617. The van der Waals surface area contributed by atoms with Crippen molar-refractivity contribution in [2.45, 2.75) is 51.9 Å². The molecule has 4 nitrogen and oxygen atoms in total. The number of unbranched alkanes of at least 4 members (excludes halogenated alkanes) is 1. The Hall–Kier alpha value is -1.07. The Morgan fingerprint density at radius 2 is 1.87 bits per heavy atom. The van der Waals surface area contributed by atoms with Gasteiger partial charge in [-0.05, 0) is 55.4 Å². The molecule has 1 fully saturated rings. The minimum absolute atomic E-state index is 0.374. The zero-order chi connectivity index (χ0) is 17.0. The number of aryl methyl sites for hydroxylation is 1. The van der Waals surface area contributed by atoms with E-state index in [1.165, 1.54) is 0 Å². The third-order valence-electron chi connectivity index (χ3n) is 4.37. The van der Waals surface area contributed by atoms with E-state index in [1.54, 1.807) is 22.5 Å². The minimum atomic E-state index is -3.41. The van der Waals surface area contributed by atoms with Gasteiger partial charge in [0.15, 0.2) is 0 Å². The van der Waals surface area contributed by atoms with Gasteiger partial charge in [-0.3, -0.25) is 0 Å². The molecule has 0 spiro atoms. The van der Waals surface area contributed by atoms with Crippen LogP contribution in [0.15, 0.2) is 23.1 Å². The molecule has 2 rings (SSSR count). The highest BCUT2D eigenvalue weighted by Crippen LogP contribution is 2.29. The predicted molar refractivity (Wildman–Crippen MR) is 93.3 cm³/mol. The van der Waals surface area contributed by atoms with Gasteiger partial charge in [0.25, 0.3) is 0 Å². The highest BCUT2D eigenvalue weighted by molar-refractivity contribution is 7.89. The van der Waals surface area contributed by atoms with Crippen LogP contribution in [0.4, 0.5) is 0 Å². The van der Waals surface area contributed by atoms with Crippen LogP contribution in [0.2, 0.25) is 0 Å². The van der Waals surface area contributed by atoms with Gasteiger partial charge >= 0.3 is 0 Å². The van der Waals surface area contributed by atoms with E-state index >= 15 is 0 Å². The number of ether oxygens (including phenoxy) is 1. The molecule has 0 aliphatic carbocycles. The summed E-state index contributed by atoms with van der Waals surface area (Å²) in [5, 5.41) is 0. The van der Waals surface area contributed by atoms with Crippen molar-refractivity contribution in [2.24, 2.45) is 11.8 Å². The highest BCUT2D eigenvalue weighted by atomic mass is 32.2. The number of nitrogens with zero attached hydrogens (tertiary/aromatic N) is 1. The van der Waals surface area contributed by atoms with Crippen LogP contribution in [-0.2, 0) is 10.0 Å². The largest absolute Gasteiger partial charge is 0.493 e. The van der Waals surface area contributed by atoms with Crippen LogP contribution in [0.5, 0.6) is 5.75 Å². The van der Waals surface area contributed by atoms with Crippen molar-refractivity contribution in [1.82, 2.24) is 4.31 Å². The second-order valence-corrected chi connectivity index (χ2v) is 8.84. The average molecular weight is 340 g/mol. The van der Waals surface area contributed by atoms with Gasteiger partial charge in [0.1, 0.15) is 5.75 Å². The molecule has 0 unspecified atom stereocenters. The summed E-state index contributed by atoms with van der Waals surface area (Å²) in [4.78, 5) is 0.374. The first-order valence-electron chi connectivity index (χ1n) is 8.58. The lowest BCUT2D eigenvalue weighted by Gasteiger charge is -2.34. The van der Waals surface area contributed by atoms with Crippen molar-refractivity contribution >= 4 is 10.0 Å². The summed E-state index contributed by atoms with van der Waals surface area (Å²) in [5.74, 6) is 1.59. The van der Waals surface area contributed by atoms with Crippen LogP contribution in [0, 0.1) is 18.8 Å². The van der Waals surface area contributed by atoms with E-state index in [2.05, 4.69) is 20.8 Å². The summed E-state index contributed by atoms with van der Waals surface area (Å²) in [6, 6.07) is 5.20. The fraction of sp³-hybridized carbons (Fsp3) is 0.667. The molecule has 0 aromatic heterocycles. The molecule has 1 heterocycles. The number of piperidine rings is 1. The molecule has 0 saturated carbocycles. The molecule has 5 heteroatoms. The maximum absolute atomic E-state index is 12.9. The highest BCUT2D eigenvalue weighted by Gasteiger charge is 2.31. The average Bonchev–Trinajstić information content (AvgIpc) is 2.48. The fourth-order valence-electron chi connectivity index (χ4n) is 3.22. The SMILES string of the molecule is CCCCOc1ccc(S(=O)(=O)N2C[C@H](C)C[C@@H](C)C2)cc1C. The Morgan fingerprint density at radius 3 is 2.43 bits per heavy atom. The van der Waals surface area contributed by atoms with Crippen LogP contribution in [0.25, 0.3) is 0 Å². The van der Waals surface area contributed by atoms with Crippen molar-refractivity contribution in [1.29, 1.82) is 0 Å². The van der Waals surface area contributed by atoms with Gasteiger partial charge in [-0.2, -0.15) is 4.31 Å². The second kappa shape index (κ2) is 7.67.